The summed E-state index contributed by atoms with van der Waals surface area (Å²) in [4.78, 5) is 46.5. The van der Waals surface area contributed by atoms with E-state index in [2.05, 4.69) is 200 Å². The van der Waals surface area contributed by atoms with Crippen LogP contribution in [0.2, 0.25) is 39.3 Å². The second-order valence-electron chi connectivity index (χ2n) is 25.2. The Morgan fingerprint density at radius 1 is 0.488 bits per heavy atom. The number of carbonyl (C=O) groups excluding carboxylic acids is 4. The van der Waals surface area contributed by atoms with Crippen LogP contribution in [-0.4, -0.2) is 112 Å². The Kier molecular flexibility index (Phi) is 40.5. The summed E-state index contributed by atoms with van der Waals surface area (Å²) in [5.41, 5.74) is 1.39. The fourth-order valence-corrected chi connectivity index (χ4v) is 8.63. The van der Waals surface area contributed by atoms with Crippen LogP contribution >= 0.6 is 31.9 Å². The molecule has 0 aliphatic carbocycles. The lowest BCUT2D eigenvalue weighted by molar-refractivity contribution is -0.176. The predicted octanol–water partition coefficient (Wildman–Crippen LogP) is 16.8. The molecule has 0 aromatic heterocycles. The van der Waals surface area contributed by atoms with Crippen LogP contribution in [-0.2, 0) is 38.1 Å². The van der Waals surface area contributed by atoms with Gasteiger partial charge in [-0.05, 0) is 101 Å². The fraction of sp³-hybridized carbons (Fsp3) is 0.529. The van der Waals surface area contributed by atoms with Crippen LogP contribution in [0.25, 0.3) is 12.2 Å². The standard InChI is InChI=1S/C13H22F2O5.C13H22Si.C12H19BrF2O5.C11H16Si.C10H14.C8H8.CH3Br/c1-11(2,3)9(17)19-7-12(4,6-16)10(18)20-8-13(5,14)15;1-6-11(2)12-7-9-13(10-8-12)14(3,4)5;1-10(2,13)8(17)19-6-11(3,5-16)9(18)20-7-12(4,14)15;1-5-10-6-8-11(9-7-10)12(2,3)4;1-3-9(2)10-7-5-4-6-8-10;1-2-8-6-4-3-5-7-8;1-2/h16H,6-8H2,1-5H3;7-11H,6H2,1-5H3;16H,5-7H2,1-4H3;5-9H,1H2,2-4H3;4-9H,3H2,1-2H3;2-7H,1H2;1H3. The maximum absolute atomic E-state index is 12.6. The van der Waals surface area contributed by atoms with Crippen LogP contribution < -0.4 is 10.4 Å². The van der Waals surface area contributed by atoms with E-state index in [0.717, 1.165) is 0 Å². The van der Waals surface area contributed by atoms with Gasteiger partial charge in [-0.15, -0.1) is 0 Å². The molecule has 0 heterocycles. The highest BCUT2D eigenvalue weighted by Crippen LogP contribution is 2.26. The van der Waals surface area contributed by atoms with E-state index < -0.39 is 112 Å². The first-order chi connectivity index (χ1) is 39.4. The van der Waals surface area contributed by atoms with Crippen LogP contribution in [0.1, 0.15) is 137 Å². The zero-order valence-corrected chi connectivity index (χ0v) is 60.4. The van der Waals surface area contributed by atoms with Gasteiger partial charge < -0.3 is 29.2 Å². The molecule has 0 radical (unpaired) electrons. The van der Waals surface area contributed by atoms with Crippen LogP contribution in [0, 0.1) is 16.2 Å². The van der Waals surface area contributed by atoms with Gasteiger partial charge in [0.25, 0.3) is 11.8 Å². The summed E-state index contributed by atoms with van der Waals surface area (Å²) in [7, 11) is -2.20. The van der Waals surface area contributed by atoms with Crippen LogP contribution in [0.5, 0.6) is 0 Å². The van der Waals surface area contributed by atoms with Gasteiger partial charge in [-0.25, -0.2) is 17.6 Å². The second-order valence-corrected chi connectivity index (χ2v) is 37.3. The Balaban J connectivity index is -0.000000978. The maximum atomic E-state index is 12.6. The molecule has 4 aromatic rings. The number of hydrogen-bond acceptors (Lipinski definition) is 10. The number of aliphatic hydroxyl groups is 2. The summed E-state index contributed by atoms with van der Waals surface area (Å²) in [6.07, 6.45) is 6.17. The molecule has 2 N–H and O–H groups in total. The molecular weight excluding hydrogens is 1270 g/mol. The highest BCUT2D eigenvalue weighted by atomic mass is 79.9. The van der Waals surface area contributed by atoms with Crippen molar-refractivity contribution >= 4 is 94.4 Å². The van der Waals surface area contributed by atoms with Gasteiger partial charge in [0, 0.05) is 13.8 Å². The summed E-state index contributed by atoms with van der Waals surface area (Å²) in [5.74, 6) is -6.41. The molecule has 0 fully saturated rings. The lowest BCUT2D eigenvalue weighted by atomic mass is 9.92. The first kappa shape index (κ1) is 85.5. The van der Waals surface area contributed by atoms with Crippen molar-refractivity contribution in [3.05, 3.63) is 145 Å². The Hall–Kier alpha value is -4.73. The molecule has 0 saturated heterocycles. The first-order valence-corrected chi connectivity index (χ1v) is 38.1. The number of halogens is 6. The highest BCUT2D eigenvalue weighted by molar-refractivity contribution is 9.10. The lowest BCUT2D eigenvalue weighted by Gasteiger charge is -2.27. The van der Waals surface area contributed by atoms with E-state index in [-0.39, 0.29) is 0 Å². The summed E-state index contributed by atoms with van der Waals surface area (Å²) in [5, 5.41) is 21.5. The van der Waals surface area contributed by atoms with E-state index in [1.807, 2.05) is 48.3 Å². The van der Waals surface area contributed by atoms with E-state index >= 15 is 0 Å². The topological polar surface area (TPSA) is 146 Å². The molecular formula is C68H104Br2F4O10Si2. The van der Waals surface area contributed by atoms with Gasteiger partial charge in [-0.2, -0.15) is 0 Å². The Morgan fingerprint density at radius 2 is 0.779 bits per heavy atom. The molecule has 4 atom stereocenters. The van der Waals surface area contributed by atoms with E-state index in [9.17, 15) is 47.0 Å². The summed E-state index contributed by atoms with van der Waals surface area (Å²) < 4.78 is 68.2. The molecule has 10 nitrogen and oxygen atoms in total. The first-order valence-electron chi connectivity index (χ1n) is 28.7. The summed E-state index contributed by atoms with van der Waals surface area (Å²) >= 11 is 6.01. The minimum atomic E-state index is -3.17. The van der Waals surface area contributed by atoms with E-state index in [0.29, 0.717) is 25.7 Å². The number of esters is 4. The highest BCUT2D eigenvalue weighted by Gasteiger charge is 2.41. The van der Waals surface area contributed by atoms with Crippen molar-refractivity contribution in [3.63, 3.8) is 0 Å². The third kappa shape index (κ3) is 37.9. The minimum absolute atomic E-state index is 0.437. The molecule has 0 aliphatic heterocycles. The Bertz CT molecular complexity index is 2470. The van der Waals surface area contributed by atoms with E-state index in [1.165, 1.54) is 54.1 Å². The number of ether oxygens (including phenoxy) is 4. The number of alkyl halides is 6. The number of hydrogen-bond donors (Lipinski definition) is 2. The fourth-order valence-electron chi connectivity index (χ4n) is 6.18. The zero-order valence-electron chi connectivity index (χ0n) is 55.2. The molecule has 4 rings (SSSR count). The average Bonchev–Trinajstić information content (AvgIpc) is 3.57. The molecule has 0 bridgehead atoms. The normalized spacial score (nSPS) is 13.4. The van der Waals surface area contributed by atoms with Gasteiger partial charge in [0.05, 0.1) is 34.8 Å². The molecule has 86 heavy (non-hydrogen) atoms. The van der Waals surface area contributed by atoms with Crippen molar-refractivity contribution in [2.75, 3.05) is 45.5 Å². The van der Waals surface area contributed by atoms with Crippen LogP contribution in [0.15, 0.2) is 122 Å². The average molecular weight is 1370 g/mol. The quantitative estimate of drug-likeness (QED) is 0.0272. The SMILES string of the molecule is C=Cc1ccc([Si](C)(C)C)cc1.C=Cc1ccccc1.CBr.CC(F)(F)COC(=O)C(C)(CO)COC(=O)C(C)(C)Br.CC(F)(F)COC(=O)C(C)(CO)COC(=O)C(C)(C)C.CCC(C)c1ccc([Si](C)(C)C)cc1.CCC(C)c1ccccc1. The van der Waals surface area contributed by atoms with Gasteiger partial charge in [0.1, 0.15) is 28.4 Å². The van der Waals surface area contributed by atoms with Crippen molar-refractivity contribution in [1.82, 2.24) is 0 Å². The number of carbonyl (C=O) groups is 4. The summed E-state index contributed by atoms with van der Waals surface area (Å²) in [6, 6.07) is 38.7. The Labute approximate surface area is 533 Å². The molecule has 4 unspecified atom stereocenters. The van der Waals surface area contributed by atoms with Crippen molar-refractivity contribution in [3.8, 4) is 0 Å². The Morgan fingerprint density at radius 3 is 1.05 bits per heavy atom. The zero-order chi connectivity index (χ0) is 67.6. The van der Waals surface area contributed by atoms with Crippen LogP contribution in [0.4, 0.5) is 17.6 Å². The van der Waals surface area contributed by atoms with Gasteiger partial charge in [-0.3, -0.25) is 19.2 Å². The molecule has 486 valence electrons. The molecule has 0 aliphatic rings. The molecule has 0 amide bonds. The van der Waals surface area contributed by atoms with E-state index in [4.69, 9.17) is 9.47 Å². The second kappa shape index (κ2) is 40.7. The minimum Gasteiger partial charge on any atom is -0.464 e. The molecule has 0 saturated carbocycles. The van der Waals surface area contributed by atoms with Gasteiger partial charge in [-0.1, -0.05) is 244 Å². The number of aliphatic hydroxyl groups excluding tert-OH is 2. The molecule has 4 aromatic carbocycles. The van der Waals surface area contributed by atoms with Crippen molar-refractivity contribution < 1.29 is 65.9 Å². The third-order valence-electron chi connectivity index (χ3n) is 12.7. The maximum Gasteiger partial charge on any atom is 0.322 e. The monoisotopic (exact) mass is 1370 g/mol. The third-order valence-corrected chi connectivity index (χ3v) is 17.2. The van der Waals surface area contributed by atoms with Crippen molar-refractivity contribution in [2.24, 2.45) is 16.2 Å². The van der Waals surface area contributed by atoms with Gasteiger partial charge in [0.2, 0.25) is 0 Å². The van der Waals surface area contributed by atoms with Crippen molar-refractivity contribution in [2.45, 2.75) is 170 Å². The predicted molar refractivity (Wildman–Crippen MR) is 362 cm³/mol. The number of rotatable bonds is 21. The number of benzene rings is 4. The van der Waals surface area contributed by atoms with Gasteiger partial charge >= 0.3 is 23.9 Å². The molecule has 0 spiro atoms. The molecule has 18 heteroatoms. The summed E-state index contributed by atoms with van der Waals surface area (Å²) in [6.45, 7) is 37.9. The largest absolute Gasteiger partial charge is 0.464 e. The smallest absolute Gasteiger partial charge is 0.322 e. The van der Waals surface area contributed by atoms with Crippen LogP contribution in [0.3, 0.4) is 0 Å². The van der Waals surface area contributed by atoms with E-state index in [1.54, 1.807) is 39.8 Å². The van der Waals surface area contributed by atoms with Gasteiger partial charge in [0.15, 0.2) is 13.2 Å². The van der Waals surface area contributed by atoms with Crippen molar-refractivity contribution in [1.29, 1.82) is 0 Å². The lowest BCUT2D eigenvalue weighted by Crippen LogP contribution is -2.41.